The summed E-state index contributed by atoms with van der Waals surface area (Å²) in [5.74, 6) is -4.60. The summed E-state index contributed by atoms with van der Waals surface area (Å²) < 4.78 is 27.4. The van der Waals surface area contributed by atoms with Crippen molar-refractivity contribution >= 4 is 17.6 Å². The van der Waals surface area contributed by atoms with Crippen LogP contribution in [0.15, 0.2) is 12.1 Å². The van der Waals surface area contributed by atoms with Crippen LogP contribution in [0.3, 0.4) is 0 Å². The van der Waals surface area contributed by atoms with Gasteiger partial charge < -0.3 is 16.2 Å². The molecule has 1 fully saturated rings. The van der Waals surface area contributed by atoms with E-state index in [1.165, 1.54) is 6.07 Å². The van der Waals surface area contributed by atoms with E-state index < -0.39 is 23.2 Å². The molecule has 4 N–H and O–H groups in total. The van der Waals surface area contributed by atoms with Crippen molar-refractivity contribution in [3.63, 3.8) is 0 Å². The Labute approximate surface area is 120 Å². The Morgan fingerprint density at radius 1 is 1.14 bits per heavy atom. The van der Waals surface area contributed by atoms with E-state index in [1.54, 1.807) is 0 Å². The Balaban J connectivity index is 2.06. The number of benzene rings is 1. The number of carbonyl (C=O) groups is 2. The summed E-state index contributed by atoms with van der Waals surface area (Å²) in [6.45, 7) is 0. The highest BCUT2D eigenvalue weighted by molar-refractivity contribution is 5.88. The molecule has 0 radical (unpaired) electrons. The quantitative estimate of drug-likeness (QED) is 0.794. The minimum atomic E-state index is -1.51. The normalized spacial score (nSPS) is 21.8. The third-order valence-corrected chi connectivity index (χ3v) is 3.80. The summed E-state index contributed by atoms with van der Waals surface area (Å²) in [5, 5.41) is 11.6. The smallest absolute Gasteiger partial charge is 0.338 e. The topological polar surface area (TPSA) is 92.4 Å². The number of primary amides is 1. The van der Waals surface area contributed by atoms with Gasteiger partial charge in [-0.3, -0.25) is 4.79 Å². The fraction of sp³-hybridized carbons (Fsp3) is 0.429. The summed E-state index contributed by atoms with van der Waals surface area (Å²) in [6, 6.07) is 2.14. The molecule has 1 aromatic rings. The van der Waals surface area contributed by atoms with Gasteiger partial charge in [-0.1, -0.05) is 0 Å². The largest absolute Gasteiger partial charge is 0.478 e. The van der Waals surface area contributed by atoms with E-state index in [-0.39, 0.29) is 23.6 Å². The molecule has 0 spiro atoms. The maximum atomic E-state index is 13.8. The predicted molar refractivity (Wildman–Crippen MR) is 71.9 cm³/mol. The van der Waals surface area contributed by atoms with Gasteiger partial charge in [-0.2, -0.15) is 0 Å². The number of nitrogens with one attached hydrogen (secondary N) is 1. The lowest BCUT2D eigenvalue weighted by molar-refractivity contribution is -0.122. The highest BCUT2D eigenvalue weighted by atomic mass is 19.2. The van der Waals surface area contributed by atoms with E-state index in [4.69, 9.17) is 10.8 Å². The molecule has 1 aromatic carbocycles. The molecule has 0 aliphatic heterocycles. The minimum absolute atomic E-state index is 0.0694. The molecule has 1 aliphatic rings. The van der Waals surface area contributed by atoms with Gasteiger partial charge in [0, 0.05) is 12.0 Å². The number of halogens is 2. The molecule has 114 valence electrons. The van der Waals surface area contributed by atoms with Crippen molar-refractivity contribution in [2.75, 3.05) is 5.32 Å². The van der Waals surface area contributed by atoms with Crippen molar-refractivity contribution in [2.24, 2.45) is 11.7 Å². The average molecular weight is 298 g/mol. The third-order valence-electron chi connectivity index (χ3n) is 3.80. The fourth-order valence-electron chi connectivity index (χ4n) is 2.57. The molecule has 7 heteroatoms. The molecule has 0 heterocycles. The highest BCUT2D eigenvalue weighted by Crippen LogP contribution is 2.28. The number of carboxylic acid groups (broad SMARTS) is 1. The van der Waals surface area contributed by atoms with Gasteiger partial charge >= 0.3 is 5.97 Å². The number of hydrogen-bond acceptors (Lipinski definition) is 3. The van der Waals surface area contributed by atoms with E-state index in [2.05, 4.69) is 5.32 Å². The zero-order valence-corrected chi connectivity index (χ0v) is 11.2. The number of nitrogens with two attached hydrogens (primary N) is 1. The first-order valence-electron chi connectivity index (χ1n) is 6.67. The number of aromatic carboxylic acids is 1. The highest BCUT2D eigenvalue weighted by Gasteiger charge is 2.26. The summed E-state index contributed by atoms with van der Waals surface area (Å²) in [6.07, 6.45) is 2.44. The third kappa shape index (κ3) is 3.29. The first kappa shape index (κ1) is 15.2. The van der Waals surface area contributed by atoms with Crippen molar-refractivity contribution in [1.29, 1.82) is 0 Å². The van der Waals surface area contributed by atoms with Gasteiger partial charge in [0.1, 0.15) is 0 Å². The number of hydrogen-bond donors (Lipinski definition) is 3. The van der Waals surface area contributed by atoms with Gasteiger partial charge in [-0.15, -0.1) is 0 Å². The second kappa shape index (κ2) is 6.07. The SMILES string of the molecule is NC(=O)C1CCC(Nc2ccc(C(=O)O)c(F)c2F)CC1. The van der Waals surface area contributed by atoms with Crippen LogP contribution in [0.4, 0.5) is 14.5 Å². The van der Waals surface area contributed by atoms with E-state index in [1.807, 2.05) is 0 Å². The second-order valence-corrected chi connectivity index (χ2v) is 5.19. The summed E-state index contributed by atoms with van der Waals surface area (Å²) in [5.41, 5.74) is 4.46. The molecule has 0 saturated heterocycles. The molecule has 21 heavy (non-hydrogen) atoms. The van der Waals surface area contributed by atoms with Crippen molar-refractivity contribution in [3.05, 3.63) is 29.3 Å². The van der Waals surface area contributed by atoms with Gasteiger partial charge in [0.15, 0.2) is 11.6 Å². The number of carboxylic acids is 1. The first-order valence-corrected chi connectivity index (χ1v) is 6.67. The van der Waals surface area contributed by atoms with Crippen molar-refractivity contribution < 1.29 is 23.5 Å². The van der Waals surface area contributed by atoms with E-state index in [0.29, 0.717) is 25.7 Å². The lowest BCUT2D eigenvalue weighted by atomic mass is 9.85. The number of anilines is 1. The van der Waals surface area contributed by atoms with Crippen LogP contribution in [0.25, 0.3) is 0 Å². The zero-order valence-electron chi connectivity index (χ0n) is 11.2. The van der Waals surface area contributed by atoms with Crippen molar-refractivity contribution in [1.82, 2.24) is 0 Å². The number of carbonyl (C=O) groups excluding carboxylic acids is 1. The molecule has 0 atom stereocenters. The van der Waals surface area contributed by atoms with E-state index >= 15 is 0 Å². The van der Waals surface area contributed by atoms with Crippen molar-refractivity contribution in [3.8, 4) is 0 Å². The van der Waals surface area contributed by atoms with Gasteiger partial charge in [0.25, 0.3) is 0 Å². The second-order valence-electron chi connectivity index (χ2n) is 5.19. The Morgan fingerprint density at radius 3 is 2.29 bits per heavy atom. The molecular formula is C14H16F2N2O3. The maximum absolute atomic E-state index is 13.8. The lowest BCUT2D eigenvalue weighted by Crippen LogP contribution is -2.32. The minimum Gasteiger partial charge on any atom is -0.478 e. The van der Waals surface area contributed by atoms with Crippen LogP contribution < -0.4 is 11.1 Å². The molecule has 0 bridgehead atoms. The Kier molecular flexibility index (Phi) is 4.40. The van der Waals surface area contributed by atoms with Gasteiger partial charge in [-0.05, 0) is 37.8 Å². The Hall–Kier alpha value is -2.18. The van der Waals surface area contributed by atoms with E-state index in [0.717, 1.165) is 6.07 Å². The fourth-order valence-corrected chi connectivity index (χ4v) is 2.57. The van der Waals surface area contributed by atoms with Gasteiger partial charge in [0.2, 0.25) is 5.91 Å². The number of rotatable bonds is 4. The van der Waals surface area contributed by atoms with Crippen LogP contribution in [-0.4, -0.2) is 23.0 Å². The molecule has 0 unspecified atom stereocenters. The summed E-state index contributed by atoms with van der Waals surface area (Å²) >= 11 is 0. The average Bonchev–Trinajstić information content (AvgIpc) is 2.44. The van der Waals surface area contributed by atoms with Gasteiger partial charge in [-0.25, -0.2) is 13.6 Å². The number of amides is 1. The predicted octanol–water partition coefficient (Wildman–Crippen LogP) is 2.12. The van der Waals surface area contributed by atoms with Crippen LogP contribution >= 0.6 is 0 Å². The first-order chi connectivity index (χ1) is 9.90. The monoisotopic (exact) mass is 298 g/mol. The molecule has 1 aliphatic carbocycles. The molecule has 1 amide bonds. The van der Waals surface area contributed by atoms with Crippen molar-refractivity contribution in [2.45, 2.75) is 31.7 Å². The Bertz CT molecular complexity index is 570. The maximum Gasteiger partial charge on any atom is 0.338 e. The Morgan fingerprint density at radius 2 is 1.76 bits per heavy atom. The summed E-state index contributed by atoms with van der Waals surface area (Å²) in [7, 11) is 0. The van der Waals surface area contributed by atoms with Crippen LogP contribution in [0.2, 0.25) is 0 Å². The molecule has 2 rings (SSSR count). The van der Waals surface area contributed by atoms with Crippen LogP contribution in [-0.2, 0) is 4.79 Å². The molecule has 1 saturated carbocycles. The molecule has 0 aromatic heterocycles. The van der Waals surface area contributed by atoms with Crippen LogP contribution in [0.5, 0.6) is 0 Å². The molecular weight excluding hydrogens is 282 g/mol. The van der Waals surface area contributed by atoms with Crippen LogP contribution in [0, 0.1) is 17.6 Å². The molecule has 5 nitrogen and oxygen atoms in total. The van der Waals surface area contributed by atoms with Gasteiger partial charge in [0.05, 0.1) is 11.3 Å². The standard InChI is InChI=1S/C14H16F2N2O3/c15-11-9(14(20)21)5-6-10(12(11)16)18-8-3-1-7(2-4-8)13(17)19/h5-8,18H,1-4H2,(H2,17,19)(H,20,21). The zero-order chi connectivity index (χ0) is 15.6. The van der Waals surface area contributed by atoms with Crippen LogP contribution in [0.1, 0.15) is 36.0 Å². The lowest BCUT2D eigenvalue weighted by Gasteiger charge is -2.28. The van der Waals surface area contributed by atoms with E-state index in [9.17, 15) is 18.4 Å². The summed E-state index contributed by atoms with van der Waals surface area (Å²) in [4.78, 5) is 21.8.